The molecular formula is C23H25FN2O3. The van der Waals surface area contributed by atoms with E-state index in [0.29, 0.717) is 30.7 Å². The zero-order chi connectivity index (χ0) is 20.3. The Morgan fingerprint density at radius 2 is 2.00 bits per heavy atom. The molecule has 0 amide bonds. The molecule has 152 valence electrons. The van der Waals surface area contributed by atoms with Crippen LogP contribution in [0.4, 0.5) is 10.1 Å². The largest absolute Gasteiger partial charge is 0.391 e. The summed E-state index contributed by atoms with van der Waals surface area (Å²) in [6.45, 7) is 2.81. The molecule has 1 N–H and O–H groups in total. The van der Waals surface area contributed by atoms with E-state index in [0.717, 1.165) is 31.6 Å². The summed E-state index contributed by atoms with van der Waals surface area (Å²) in [5.74, 6) is -0.324. The molecule has 0 saturated carbocycles. The molecule has 0 spiro atoms. The summed E-state index contributed by atoms with van der Waals surface area (Å²) in [6, 6.07) is 15.3. The van der Waals surface area contributed by atoms with Crippen LogP contribution in [0.1, 0.15) is 17.5 Å². The van der Waals surface area contributed by atoms with Gasteiger partial charge >= 0.3 is 0 Å². The fraction of sp³-hybridized carbons (Fsp3) is 0.348. The lowest BCUT2D eigenvalue weighted by Gasteiger charge is -2.32. The third-order valence-electron chi connectivity index (χ3n) is 5.69. The number of nitrogens with zero attached hydrogens (tertiary/aromatic N) is 2. The summed E-state index contributed by atoms with van der Waals surface area (Å²) in [7, 11) is 0. The van der Waals surface area contributed by atoms with Gasteiger partial charge in [-0.25, -0.2) is 4.39 Å². The second kappa shape index (κ2) is 8.45. The molecule has 2 aromatic carbocycles. The van der Waals surface area contributed by atoms with E-state index in [1.807, 2.05) is 18.2 Å². The van der Waals surface area contributed by atoms with Crippen LogP contribution in [0.3, 0.4) is 0 Å². The van der Waals surface area contributed by atoms with E-state index in [1.165, 1.54) is 11.6 Å². The lowest BCUT2D eigenvalue weighted by Crippen LogP contribution is -2.50. The van der Waals surface area contributed by atoms with Gasteiger partial charge in [-0.15, -0.1) is 0 Å². The Balaban J connectivity index is 1.48. The van der Waals surface area contributed by atoms with Crippen LogP contribution in [0.2, 0.25) is 0 Å². The molecule has 6 heteroatoms. The highest BCUT2D eigenvalue weighted by Crippen LogP contribution is 2.32. The average molecular weight is 396 g/mol. The van der Waals surface area contributed by atoms with Crippen molar-refractivity contribution in [2.24, 2.45) is 0 Å². The van der Waals surface area contributed by atoms with E-state index < -0.39 is 12.3 Å². The molecule has 1 atom stereocenters. The first-order valence-corrected chi connectivity index (χ1v) is 9.89. The minimum absolute atomic E-state index is 0.311. The van der Waals surface area contributed by atoms with Crippen LogP contribution in [0.5, 0.6) is 0 Å². The predicted molar refractivity (Wildman–Crippen MR) is 110 cm³/mol. The molecule has 2 aromatic rings. The van der Waals surface area contributed by atoms with Gasteiger partial charge in [0.15, 0.2) is 6.29 Å². The number of aliphatic hydroxyl groups is 1. The van der Waals surface area contributed by atoms with Gasteiger partial charge in [0.2, 0.25) is 5.72 Å². The van der Waals surface area contributed by atoms with Gasteiger partial charge in [0.1, 0.15) is 5.82 Å². The van der Waals surface area contributed by atoms with Crippen LogP contribution in [0.15, 0.2) is 54.6 Å². The zero-order valence-corrected chi connectivity index (χ0v) is 16.3. The number of hydrogen-bond acceptors (Lipinski definition) is 5. The Hall–Kier alpha value is -2.54. The minimum Gasteiger partial charge on any atom is -0.391 e. The average Bonchev–Trinajstić information content (AvgIpc) is 3.20. The van der Waals surface area contributed by atoms with Gasteiger partial charge in [-0.05, 0) is 35.8 Å². The molecular weight excluding hydrogens is 371 g/mol. The number of halogens is 1. The van der Waals surface area contributed by atoms with E-state index in [9.17, 15) is 14.3 Å². The van der Waals surface area contributed by atoms with Crippen LogP contribution in [0.25, 0.3) is 5.57 Å². The highest BCUT2D eigenvalue weighted by Gasteiger charge is 2.42. The molecule has 0 bridgehead atoms. The van der Waals surface area contributed by atoms with Crippen molar-refractivity contribution < 1.29 is 19.0 Å². The Kier molecular flexibility index (Phi) is 5.76. The van der Waals surface area contributed by atoms with Crippen LogP contribution >= 0.6 is 0 Å². The molecule has 29 heavy (non-hydrogen) atoms. The SMILES string of the molecule is O=CC1(CO)OCCN1c1ccc(C2=CCN(Cc3ccccc3)CC2)c(F)c1. The Morgan fingerprint density at radius 3 is 2.66 bits per heavy atom. The molecule has 2 aliphatic heterocycles. The van der Waals surface area contributed by atoms with Gasteiger partial charge in [0, 0.05) is 37.4 Å². The number of aliphatic hydroxyl groups excluding tert-OH is 1. The quantitative estimate of drug-likeness (QED) is 0.761. The third-order valence-corrected chi connectivity index (χ3v) is 5.69. The summed E-state index contributed by atoms with van der Waals surface area (Å²) < 4.78 is 20.3. The van der Waals surface area contributed by atoms with Gasteiger partial charge in [-0.2, -0.15) is 0 Å². The van der Waals surface area contributed by atoms with Crippen LogP contribution in [0, 0.1) is 5.82 Å². The maximum absolute atomic E-state index is 14.9. The summed E-state index contributed by atoms with van der Waals surface area (Å²) in [6.07, 6.45) is 3.45. The topological polar surface area (TPSA) is 53.0 Å². The number of aldehydes is 1. The van der Waals surface area contributed by atoms with Crippen molar-refractivity contribution >= 4 is 17.5 Å². The normalized spacial score (nSPS) is 22.6. The molecule has 4 rings (SSSR count). The smallest absolute Gasteiger partial charge is 0.221 e. The lowest BCUT2D eigenvalue weighted by atomic mass is 9.98. The van der Waals surface area contributed by atoms with Gasteiger partial charge in [0.05, 0.1) is 13.2 Å². The van der Waals surface area contributed by atoms with Crippen molar-refractivity contribution in [2.45, 2.75) is 18.7 Å². The van der Waals surface area contributed by atoms with Gasteiger partial charge in [-0.3, -0.25) is 9.69 Å². The fourth-order valence-corrected chi connectivity index (χ4v) is 4.07. The Labute approximate surface area is 170 Å². The van der Waals surface area contributed by atoms with Gasteiger partial charge in [0.25, 0.3) is 0 Å². The highest BCUT2D eigenvalue weighted by atomic mass is 19.1. The summed E-state index contributed by atoms with van der Waals surface area (Å²) in [5, 5.41) is 9.60. The number of rotatable bonds is 6. The molecule has 5 nitrogen and oxygen atoms in total. The van der Waals surface area contributed by atoms with Crippen molar-refractivity contribution in [1.82, 2.24) is 4.90 Å². The number of hydrogen-bond donors (Lipinski definition) is 1. The predicted octanol–water partition coefficient (Wildman–Crippen LogP) is 2.84. The molecule has 0 aromatic heterocycles. The van der Waals surface area contributed by atoms with Crippen molar-refractivity contribution in [3.8, 4) is 0 Å². The molecule has 2 aliphatic rings. The highest BCUT2D eigenvalue weighted by molar-refractivity contribution is 5.73. The monoisotopic (exact) mass is 396 g/mol. The van der Waals surface area contributed by atoms with E-state index in [-0.39, 0.29) is 5.82 Å². The molecule has 0 radical (unpaired) electrons. The minimum atomic E-state index is -1.42. The lowest BCUT2D eigenvalue weighted by molar-refractivity contribution is -0.129. The van der Waals surface area contributed by atoms with E-state index in [2.05, 4.69) is 23.1 Å². The summed E-state index contributed by atoms with van der Waals surface area (Å²) >= 11 is 0. The second-order valence-electron chi connectivity index (χ2n) is 7.49. The maximum atomic E-state index is 14.9. The molecule has 2 heterocycles. The molecule has 1 fully saturated rings. The van der Waals surface area contributed by atoms with Gasteiger partial charge in [-0.1, -0.05) is 36.4 Å². The number of carbonyl (C=O) groups is 1. The van der Waals surface area contributed by atoms with Crippen molar-refractivity contribution in [3.05, 3.63) is 71.6 Å². The summed E-state index contributed by atoms with van der Waals surface area (Å²) in [4.78, 5) is 15.4. The molecule has 1 unspecified atom stereocenters. The van der Waals surface area contributed by atoms with Gasteiger partial charge < -0.3 is 14.7 Å². The third kappa shape index (κ3) is 3.96. The first kappa shape index (κ1) is 19.8. The molecule has 0 aliphatic carbocycles. The Bertz CT molecular complexity index is 902. The fourth-order valence-electron chi connectivity index (χ4n) is 4.07. The number of benzene rings is 2. The van der Waals surface area contributed by atoms with Crippen molar-refractivity contribution in [3.63, 3.8) is 0 Å². The van der Waals surface area contributed by atoms with Crippen LogP contribution < -0.4 is 4.90 Å². The first-order chi connectivity index (χ1) is 14.1. The van der Waals surface area contributed by atoms with Crippen molar-refractivity contribution in [1.29, 1.82) is 0 Å². The van der Waals surface area contributed by atoms with Crippen LogP contribution in [-0.2, 0) is 16.1 Å². The number of carbonyl (C=O) groups excluding carboxylic acids is 1. The standard InChI is InChI=1S/C23H25FN2O3/c24-22-14-20(26-12-13-29-23(26,16-27)17-28)6-7-21(22)19-8-10-25(11-9-19)15-18-4-2-1-3-5-18/h1-8,14,16,28H,9-13,15,17H2. The van der Waals surface area contributed by atoms with Crippen molar-refractivity contribution in [2.75, 3.05) is 37.7 Å². The molecule has 1 saturated heterocycles. The number of anilines is 1. The van der Waals surface area contributed by atoms with E-state index in [1.54, 1.807) is 17.0 Å². The summed E-state index contributed by atoms with van der Waals surface area (Å²) in [5.41, 5.74) is 1.98. The maximum Gasteiger partial charge on any atom is 0.221 e. The second-order valence-corrected chi connectivity index (χ2v) is 7.49. The zero-order valence-electron chi connectivity index (χ0n) is 16.3. The Morgan fingerprint density at radius 1 is 1.17 bits per heavy atom. The van der Waals surface area contributed by atoms with E-state index in [4.69, 9.17) is 4.74 Å². The van der Waals surface area contributed by atoms with Crippen LogP contribution in [-0.4, -0.2) is 54.9 Å². The number of ether oxygens (including phenoxy) is 1. The van der Waals surface area contributed by atoms with E-state index >= 15 is 0 Å². The first-order valence-electron chi connectivity index (χ1n) is 9.89.